The second kappa shape index (κ2) is 8.55. The Morgan fingerprint density at radius 3 is 2.35 bits per heavy atom. The van der Waals surface area contributed by atoms with Gasteiger partial charge in [-0.15, -0.1) is 0 Å². The van der Waals surface area contributed by atoms with Gasteiger partial charge in [-0.2, -0.15) is 0 Å². The van der Waals surface area contributed by atoms with Crippen molar-refractivity contribution >= 4 is 35.0 Å². The Bertz CT molecular complexity index is 773. The summed E-state index contributed by atoms with van der Waals surface area (Å²) in [6.45, 7) is 8.55. The lowest BCUT2D eigenvalue weighted by Crippen LogP contribution is -2.32. The number of rotatable bonds is 6. The van der Waals surface area contributed by atoms with E-state index in [4.69, 9.17) is 23.2 Å². The minimum absolute atomic E-state index is 0.413. The van der Waals surface area contributed by atoms with Crippen molar-refractivity contribution in [3.05, 3.63) is 69.1 Å². The van der Waals surface area contributed by atoms with Gasteiger partial charge in [0, 0.05) is 46.3 Å². The number of pyridine rings is 1. The summed E-state index contributed by atoms with van der Waals surface area (Å²) in [7, 11) is 0. The molecule has 0 radical (unpaired) electrons. The molecule has 1 aliphatic rings. The van der Waals surface area contributed by atoms with Gasteiger partial charge in [-0.05, 0) is 56.7 Å². The molecular weight excluding hydrogens is 385 g/mol. The first-order chi connectivity index (χ1) is 12.5. The molecule has 2 heterocycles. The van der Waals surface area contributed by atoms with E-state index in [1.807, 2.05) is 24.5 Å². The molecule has 0 N–H and O–H groups in total. The number of hydrogen-bond donors (Lipinski definition) is 0. The molecule has 3 rings (SSSR count). The van der Waals surface area contributed by atoms with Gasteiger partial charge in [0.05, 0.1) is 17.4 Å². The van der Waals surface area contributed by atoms with E-state index in [2.05, 4.69) is 47.7 Å². The molecule has 0 bridgehead atoms. The maximum Gasteiger partial charge on any atom is 0.0971 e. The lowest BCUT2D eigenvalue weighted by molar-refractivity contribution is 0.225. The fraction of sp³-hybridized carbons (Fsp3) is 0.350. The van der Waals surface area contributed by atoms with Crippen LogP contribution in [0.1, 0.15) is 26.3 Å². The van der Waals surface area contributed by atoms with Crippen molar-refractivity contribution in [3.8, 4) is 0 Å². The molecule has 2 aromatic rings. The van der Waals surface area contributed by atoms with Crippen molar-refractivity contribution in [2.45, 2.75) is 38.1 Å². The number of thioether (sulfide) groups is 1. The Balaban J connectivity index is 2.00. The van der Waals surface area contributed by atoms with Crippen LogP contribution >= 0.6 is 35.0 Å². The minimum Gasteiger partial charge on any atom is -0.355 e. The number of benzene rings is 1. The zero-order valence-electron chi connectivity index (χ0n) is 15.2. The molecule has 26 heavy (non-hydrogen) atoms. The molecule has 0 atom stereocenters. The van der Waals surface area contributed by atoms with Gasteiger partial charge in [0.15, 0.2) is 0 Å². The quantitative estimate of drug-likeness (QED) is 0.593. The van der Waals surface area contributed by atoms with Gasteiger partial charge in [0.2, 0.25) is 0 Å². The molecule has 1 aromatic carbocycles. The predicted molar refractivity (Wildman–Crippen MR) is 112 cm³/mol. The Kier molecular flexibility index (Phi) is 6.38. The summed E-state index contributed by atoms with van der Waals surface area (Å²) in [5.41, 5.74) is 2.61. The molecule has 0 fully saturated rings. The van der Waals surface area contributed by atoms with Crippen molar-refractivity contribution in [2.75, 3.05) is 13.2 Å². The average Bonchev–Trinajstić information content (AvgIpc) is 2.93. The van der Waals surface area contributed by atoms with Crippen molar-refractivity contribution in [2.24, 2.45) is 0 Å². The van der Waals surface area contributed by atoms with Gasteiger partial charge in [-0.25, -0.2) is 0 Å². The monoisotopic (exact) mass is 407 g/mol. The fourth-order valence-electron chi connectivity index (χ4n) is 3.02. The summed E-state index contributed by atoms with van der Waals surface area (Å²) >= 11 is 14.2. The topological polar surface area (TPSA) is 19.4 Å². The van der Waals surface area contributed by atoms with Crippen molar-refractivity contribution < 1.29 is 0 Å². The van der Waals surface area contributed by atoms with Crippen LogP contribution in [0.25, 0.3) is 0 Å². The highest BCUT2D eigenvalue weighted by molar-refractivity contribution is 8.03. The Morgan fingerprint density at radius 1 is 1.12 bits per heavy atom. The number of likely N-dealkylation sites (N-methyl/N-ethyl adjacent to an activating group) is 1. The second-order valence-corrected chi connectivity index (χ2v) is 8.49. The first-order valence-electron chi connectivity index (χ1n) is 8.75. The Labute approximate surface area is 170 Å². The molecule has 0 saturated carbocycles. The molecule has 3 nitrogen and oxygen atoms in total. The van der Waals surface area contributed by atoms with Gasteiger partial charge < -0.3 is 9.80 Å². The van der Waals surface area contributed by atoms with E-state index in [1.165, 1.54) is 16.3 Å². The molecular formula is C20H23Cl2N3S. The highest BCUT2D eigenvalue weighted by atomic mass is 35.5. The van der Waals surface area contributed by atoms with Gasteiger partial charge in [0.25, 0.3) is 0 Å². The van der Waals surface area contributed by atoms with Crippen LogP contribution < -0.4 is 0 Å². The van der Waals surface area contributed by atoms with E-state index >= 15 is 0 Å². The van der Waals surface area contributed by atoms with Gasteiger partial charge in [-0.3, -0.25) is 4.98 Å². The smallest absolute Gasteiger partial charge is 0.0971 e. The van der Waals surface area contributed by atoms with E-state index in [-0.39, 0.29) is 0 Å². The van der Waals surface area contributed by atoms with E-state index in [0.29, 0.717) is 16.1 Å². The molecule has 1 aromatic heterocycles. The maximum atomic E-state index is 6.21. The number of allylic oxidation sites excluding steroid dienone is 1. The molecule has 0 amide bonds. The minimum atomic E-state index is 0.413. The number of aromatic nitrogens is 1. The normalized spacial score (nSPS) is 14.7. The summed E-state index contributed by atoms with van der Waals surface area (Å²) in [5.74, 6) is 0. The van der Waals surface area contributed by atoms with Gasteiger partial charge in [0.1, 0.15) is 0 Å². The number of hydrogen-bond acceptors (Lipinski definition) is 4. The third kappa shape index (κ3) is 4.48. The molecule has 6 heteroatoms. The highest BCUT2D eigenvalue weighted by Gasteiger charge is 2.30. The predicted octanol–water partition coefficient (Wildman–Crippen LogP) is 5.90. The molecule has 0 unspecified atom stereocenters. The first-order valence-corrected chi connectivity index (χ1v) is 10.3. The average molecular weight is 408 g/mol. The Morgan fingerprint density at radius 2 is 1.77 bits per heavy atom. The third-order valence-corrected chi connectivity index (χ3v) is 5.96. The van der Waals surface area contributed by atoms with Crippen LogP contribution in [0.5, 0.6) is 0 Å². The SMILES string of the molecule is CCN1CN(C(C)C)C(Sc2cc(Cl)cc(Cl)c2)=C1Cc1ccncc1. The van der Waals surface area contributed by atoms with Gasteiger partial charge in [-0.1, -0.05) is 35.0 Å². The van der Waals surface area contributed by atoms with Crippen LogP contribution in [0.15, 0.2) is 58.3 Å². The van der Waals surface area contributed by atoms with Crippen LogP contribution in [0.3, 0.4) is 0 Å². The van der Waals surface area contributed by atoms with E-state index in [1.54, 1.807) is 17.8 Å². The van der Waals surface area contributed by atoms with Crippen LogP contribution in [0, 0.1) is 0 Å². The standard InChI is InChI=1S/C20H23Cl2N3S/c1-4-24-13-25(14(2)3)20(19(24)9-15-5-7-23-8-6-15)26-18-11-16(21)10-17(22)12-18/h5-8,10-12,14H,4,9,13H2,1-3H3. The van der Waals surface area contributed by atoms with Crippen LogP contribution in [0.2, 0.25) is 10.0 Å². The number of nitrogens with zero attached hydrogens (tertiary/aromatic N) is 3. The fourth-order valence-corrected chi connectivity index (χ4v) is 4.98. The summed E-state index contributed by atoms with van der Waals surface area (Å²) in [6.07, 6.45) is 4.59. The molecule has 0 saturated heterocycles. The molecule has 1 aliphatic heterocycles. The largest absolute Gasteiger partial charge is 0.355 e. The summed E-state index contributed by atoms with van der Waals surface area (Å²) in [6, 6.07) is 10.3. The maximum absolute atomic E-state index is 6.21. The van der Waals surface area contributed by atoms with Crippen LogP contribution in [-0.2, 0) is 6.42 Å². The molecule has 0 spiro atoms. The lowest BCUT2D eigenvalue weighted by Gasteiger charge is -2.27. The second-order valence-electron chi connectivity index (χ2n) is 6.55. The zero-order valence-corrected chi connectivity index (χ0v) is 17.6. The molecule has 138 valence electrons. The summed E-state index contributed by atoms with van der Waals surface area (Å²) in [5, 5.41) is 2.60. The van der Waals surface area contributed by atoms with Crippen molar-refractivity contribution in [1.29, 1.82) is 0 Å². The number of halogens is 2. The Hall–Kier alpha value is -1.36. The van der Waals surface area contributed by atoms with Crippen molar-refractivity contribution in [3.63, 3.8) is 0 Å². The summed E-state index contributed by atoms with van der Waals surface area (Å²) < 4.78 is 0. The van der Waals surface area contributed by atoms with Gasteiger partial charge >= 0.3 is 0 Å². The third-order valence-electron chi connectivity index (χ3n) is 4.39. The van der Waals surface area contributed by atoms with Crippen LogP contribution in [0.4, 0.5) is 0 Å². The lowest BCUT2D eigenvalue weighted by atomic mass is 10.1. The summed E-state index contributed by atoms with van der Waals surface area (Å²) in [4.78, 5) is 10.1. The highest BCUT2D eigenvalue weighted by Crippen LogP contribution is 2.40. The zero-order chi connectivity index (χ0) is 18.7. The van der Waals surface area contributed by atoms with E-state index in [9.17, 15) is 0 Å². The van der Waals surface area contributed by atoms with Crippen LogP contribution in [-0.4, -0.2) is 34.0 Å². The van der Waals surface area contributed by atoms with E-state index in [0.717, 1.165) is 24.5 Å². The first kappa shape index (κ1) is 19.4. The van der Waals surface area contributed by atoms with Crippen molar-refractivity contribution in [1.82, 2.24) is 14.8 Å². The van der Waals surface area contributed by atoms with E-state index < -0.39 is 0 Å². The molecule has 0 aliphatic carbocycles.